The second kappa shape index (κ2) is 5.21. The number of esters is 1. The second-order valence-corrected chi connectivity index (χ2v) is 8.82. The third-order valence-electron chi connectivity index (χ3n) is 6.28. The second-order valence-electron chi connectivity index (χ2n) is 8.39. The molecule has 2 atom stereocenters. The van der Waals surface area contributed by atoms with Gasteiger partial charge in [-0.2, -0.15) is 0 Å². The molecular formula is C19H21ClN2O3. The van der Waals surface area contributed by atoms with Crippen LogP contribution < -0.4 is 0 Å². The highest BCUT2D eigenvalue weighted by Gasteiger charge is 2.60. The van der Waals surface area contributed by atoms with E-state index >= 15 is 0 Å². The number of aromatic nitrogens is 2. The molecule has 2 heterocycles. The third kappa shape index (κ3) is 2.56. The Labute approximate surface area is 151 Å². The number of pyridine rings is 1. The van der Waals surface area contributed by atoms with Gasteiger partial charge in [0.2, 0.25) is 0 Å². The first-order valence-electron chi connectivity index (χ1n) is 8.96. The molecule has 6 heteroatoms. The molecule has 0 aliphatic heterocycles. The number of carbonyl (C=O) groups excluding carboxylic acids is 1. The average molecular weight is 361 g/mol. The Morgan fingerprint density at radius 2 is 2.04 bits per heavy atom. The van der Waals surface area contributed by atoms with E-state index in [4.69, 9.17) is 16.3 Å². The number of nitrogens with zero attached hydrogens (tertiary/aromatic N) is 2. The fourth-order valence-electron chi connectivity index (χ4n) is 5.83. The van der Waals surface area contributed by atoms with E-state index in [2.05, 4.69) is 4.98 Å². The fraction of sp³-hybridized carbons (Fsp3) is 0.579. The van der Waals surface area contributed by atoms with Crippen molar-refractivity contribution in [3.8, 4) is 0 Å². The van der Waals surface area contributed by atoms with Crippen LogP contribution in [0.15, 0.2) is 24.5 Å². The number of aliphatic hydroxyl groups is 1. The Morgan fingerprint density at radius 3 is 2.76 bits per heavy atom. The van der Waals surface area contributed by atoms with E-state index in [0.717, 1.165) is 37.8 Å². The van der Waals surface area contributed by atoms with E-state index in [0.29, 0.717) is 29.0 Å². The maximum Gasteiger partial charge on any atom is 0.312 e. The van der Waals surface area contributed by atoms with Crippen molar-refractivity contribution in [1.82, 2.24) is 9.38 Å². The topological polar surface area (TPSA) is 63.8 Å². The Morgan fingerprint density at radius 1 is 1.28 bits per heavy atom. The largest absolute Gasteiger partial charge is 0.459 e. The van der Waals surface area contributed by atoms with Crippen molar-refractivity contribution in [3.05, 3.63) is 35.2 Å². The summed E-state index contributed by atoms with van der Waals surface area (Å²) < 4.78 is 7.49. The SMILES string of the molecule is O=C(OCc1cn2cc(Cl)ccc2n1)C12CC3CC(CC(O)(C3)C1)C2. The number of carbonyl (C=O) groups is 1. The molecule has 0 radical (unpaired) electrons. The quantitative estimate of drug-likeness (QED) is 0.852. The molecule has 2 aromatic heterocycles. The summed E-state index contributed by atoms with van der Waals surface area (Å²) in [7, 11) is 0. The van der Waals surface area contributed by atoms with Crippen LogP contribution in [-0.2, 0) is 16.1 Å². The Balaban J connectivity index is 1.33. The number of halogens is 1. The van der Waals surface area contributed by atoms with E-state index in [1.165, 1.54) is 0 Å². The van der Waals surface area contributed by atoms with Crippen LogP contribution in [0.4, 0.5) is 0 Å². The standard InChI is InChI=1S/C19H21ClN2O3/c20-14-1-2-16-21-15(9-22(16)8-14)10-25-17(23)18-4-12-3-13(5-18)7-19(24,6-12)11-18/h1-2,8-9,12-13,24H,3-7,10-11H2. The predicted octanol–water partition coefficient (Wildman–Crippen LogP) is 3.36. The monoisotopic (exact) mass is 360 g/mol. The summed E-state index contributed by atoms with van der Waals surface area (Å²) in [5.41, 5.74) is 0.350. The van der Waals surface area contributed by atoms with Crippen molar-refractivity contribution in [1.29, 1.82) is 0 Å². The fourth-order valence-corrected chi connectivity index (χ4v) is 6.00. The molecule has 0 spiro atoms. The molecule has 0 aromatic carbocycles. The lowest BCUT2D eigenvalue weighted by Gasteiger charge is -2.58. The van der Waals surface area contributed by atoms with Gasteiger partial charge < -0.3 is 14.2 Å². The molecule has 132 valence electrons. The maximum atomic E-state index is 12.9. The van der Waals surface area contributed by atoms with E-state index in [-0.39, 0.29) is 12.6 Å². The summed E-state index contributed by atoms with van der Waals surface area (Å²) in [5, 5.41) is 11.4. The summed E-state index contributed by atoms with van der Waals surface area (Å²) >= 11 is 5.99. The van der Waals surface area contributed by atoms with Gasteiger partial charge in [-0.1, -0.05) is 11.6 Å². The molecule has 4 aliphatic carbocycles. The van der Waals surface area contributed by atoms with Crippen LogP contribution >= 0.6 is 11.6 Å². The number of rotatable bonds is 3. The highest BCUT2D eigenvalue weighted by Crippen LogP contribution is 2.62. The van der Waals surface area contributed by atoms with Gasteiger partial charge in [-0.15, -0.1) is 0 Å². The minimum Gasteiger partial charge on any atom is -0.459 e. The van der Waals surface area contributed by atoms with Crippen LogP contribution in [0, 0.1) is 17.3 Å². The highest BCUT2D eigenvalue weighted by atomic mass is 35.5. The molecule has 6 rings (SSSR count). The first kappa shape index (κ1) is 15.6. The zero-order valence-electron chi connectivity index (χ0n) is 13.9. The van der Waals surface area contributed by atoms with Crippen molar-refractivity contribution in [2.45, 2.75) is 50.7 Å². The molecule has 0 amide bonds. The van der Waals surface area contributed by atoms with Crippen LogP contribution in [-0.4, -0.2) is 26.1 Å². The van der Waals surface area contributed by atoms with Gasteiger partial charge in [0.25, 0.3) is 0 Å². The van der Waals surface area contributed by atoms with E-state index in [1.54, 1.807) is 12.3 Å². The van der Waals surface area contributed by atoms with E-state index in [9.17, 15) is 9.90 Å². The number of ether oxygens (including phenoxy) is 1. The summed E-state index contributed by atoms with van der Waals surface area (Å²) in [5.74, 6) is 0.780. The molecule has 4 saturated carbocycles. The predicted molar refractivity (Wildman–Crippen MR) is 92.1 cm³/mol. The highest BCUT2D eigenvalue weighted by molar-refractivity contribution is 6.30. The van der Waals surface area contributed by atoms with Gasteiger partial charge in [0.05, 0.1) is 21.7 Å². The lowest BCUT2D eigenvalue weighted by atomic mass is 9.48. The number of fused-ring (bicyclic) bond motifs is 1. The first-order valence-corrected chi connectivity index (χ1v) is 9.34. The minimum absolute atomic E-state index is 0.157. The van der Waals surface area contributed by atoms with Gasteiger partial charge in [-0.25, -0.2) is 4.98 Å². The molecule has 25 heavy (non-hydrogen) atoms. The average Bonchev–Trinajstić information content (AvgIpc) is 2.92. The Kier molecular flexibility index (Phi) is 3.26. The molecule has 4 aliphatic rings. The molecule has 5 nitrogen and oxygen atoms in total. The normalized spacial score (nSPS) is 36.1. The van der Waals surface area contributed by atoms with Crippen LogP contribution in [0.25, 0.3) is 5.65 Å². The van der Waals surface area contributed by atoms with Crippen LogP contribution in [0.5, 0.6) is 0 Å². The zero-order valence-corrected chi connectivity index (χ0v) is 14.7. The molecular weight excluding hydrogens is 340 g/mol. The summed E-state index contributed by atoms with van der Waals surface area (Å²) in [6.07, 6.45) is 8.77. The minimum atomic E-state index is -0.650. The van der Waals surface area contributed by atoms with Gasteiger partial charge in [-0.05, 0) is 62.5 Å². The first-order chi connectivity index (χ1) is 11.9. The number of hydrogen-bond donors (Lipinski definition) is 1. The van der Waals surface area contributed by atoms with Gasteiger partial charge in [-0.3, -0.25) is 4.79 Å². The van der Waals surface area contributed by atoms with Crippen LogP contribution in [0.3, 0.4) is 0 Å². The van der Waals surface area contributed by atoms with Gasteiger partial charge in [0.15, 0.2) is 0 Å². The number of imidazole rings is 1. The van der Waals surface area contributed by atoms with Crippen molar-refractivity contribution in [2.24, 2.45) is 17.3 Å². The Bertz CT molecular complexity index is 847. The van der Waals surface area contributed by atoms with Crippen molar-refractivity contribution >= 4 is 23.2 Å². The zero-order chi connectivity index (χ0) is 17.2. The summed E-state index contributed by atoms with van der Waals surface area (Å²) in [6, 6.07) is 3.62. The van der Waals surface area contributed by atoms with Crippen molar-refractivity contribution in [3.63, 3.8) is 0 Å². The molecule has 1 N–H and O–H groups in total. The molecule has 0 saturated heterocycles. The molecule has 2 unspecified atom stereocenters. The third-order valence-corrected chi connectivity index (χ3v) is 6.50. The van der Waals surface area contributed by atoms with Crippen LogP contribution in [0.2, 0.25) is 5.02 Å². The lowest BCUT2D eigenvalue weighted by Crippen LogP contribution is -2.58. The van der Waals surface area contributed by atoms with Gasteiger partial charge in [0.1, 0.15) is 12.3 Å². The molecule has 4 fully saturated rings. The van der Waals surface area contributed by atoms with Crippen molar-refractivity contribution < 1.29 is 14.6 Å². The van der Waals surface area contributed by atoms with Crippen LogP contribution in [0.1, 0.15) is 44.2 Å². The van der Waals surface area contributed by atoms with Gasteiger partial charge in [0, 0.05) is 12.4 Å². The molecule has 2 aromatic rings. The van der Waals surface area contributed by atoms with E-state index < -0.39 is 11.0 Å². The lowest BCUT2D eigenvalue weighted by molar-refractivity contribution is -0.197. The maximum absolute atomic E-state index is 12.9. The van der Waals surface area contributed by atoms with Crippen molar-refractivity contribution in [2.75, 3.05) is 0 Å². The Hall–Kier alpha value is -1.59. The number of hydrogen-bond acceptors (Lipinski definition) is 4. The molecule has 4 bridgehead atoms. The summed E-state index contributed by atoms with van der Waals surface area (Å²) in [6.45, 7) is 0.160. The smallest absolute Gasteiger partial charge is 0.312 e. The van der Waals surface area contributed by atoms with Gasteiger partial charge >= 0.3 is 5.97 Å². The van der Waals surface area contributed by atoms with E-state index in [1.807, 2.05) is 16.7 Å². The summed E-state index contributed by atoms with van der Waals surface area (Å²) in [4.78, 5) is 17.4.